The number of ether oxygens (including phenoxy) is 3. The van der Waals surface area contributed by atoms with Crippen LogP contribution in [-0.2, 0) is 35.5 Å². The number of aryl methyl sites for hydroxylation is 1. The quantitative estimate of drug-likeness (QED) is 0.400. The third kappa shape index (κ3) is 3.28. The van der Waals surface area contributed by atoms with E-state index in [2.05, 4.69) is 0 Å². The number of esters is 2. The van der Waals surface area contributed by atoms with E-state index in [1.807, 2.05) is 6.92 Å². The van der Waals surface area contributed by atoms with Gasteiger partial charge in [-0.1, -0.05) is 23.8 Å². The molecule has 0 atom stereocenters. The lowest BCUT2D eigenvalue weighted by molar-refractivity contribution is -0.169. The second-order valence-corrected chi connectivity index (χ2v) is 9.89. The van der Waals surface area contributed by atoms with Gasteiger partial charge in [0.2, 0.25) is 0 Å². The maximum absolute atomic E-state index is 13.9. The smallest absolute Gasteiger partial charge is 0.324 e. The first-order valence-electron chi connectivity index (χ1n) is 10.3. The fourth-order valence-electron chi connectivity index (χ4n) is 4.53. The molecule has 0 spiro atoms. The van der Waals surface area contributed by atoms with Crippen molar-refractivity contribution in [1.82, 2.24) is 3.97 Å². The molecule has 178 valence electrons. The molecule has 0 N–H and O–H groups in total. The summed E-state index contributed by atoms with van der Waals surface area (Å²) in [5.74, 6) is -2.25. The van der Waals surface area contributed by atoms with Crippen molar-refractivity contribution in [2.24, 2.45) is 5.41 Å². The number of ketones is 1. The van der Waals surface area contributed by atoms with Gasteiger partial charge in [0.1, 0.15) is 5.75 Å². The van der Waals surface area contributed by atoms with Gasteiger partial charge in [0.25, 0.3) is 10.0 Å². The normalized spacial score (nSPS) is 15.0. The SMILES string of the molecule is COC(=O)C1(C(=O)OC)CC(=O)c2c(n(S(=O)(=O)c3ccc(C)cc3)c3cccc(OC)c23)C1. The fourth-order valence-corrected chi connectivity index (χ4v) is 6.07. The van der Waals surface area contributed by atoms with Gasteiger partial charge in [-0.15, -0.1) is 0 Å². The summed E-state index contributed by atoms with van der Waals surface area (Å²) in [6, 6.07) is 11.0. The van der Waals surface area contributed by atoms with Crippen LogP contribution >= 0.6 is 0 Å². The summed E-state index contributed by atoms with van der Waals surface area (Å²) < 4.78 is 43.9. The summed E-state index contributed by atoms with van der Waals surface area (Å²) in [4.78, 5) is 39.0. The van der Waals surface area contributed by atoms with Gasteiger partial charge < -0.3 is 14.2 Å². The molecule has 0 amide bonds. The largest absolute Gasteiger partial charge is 0.496 e. The molecule has 1 aliphatic carbocycles. The maximum Gasteiger partial charge on any atom is 0.324 e. The summed E-state index contributed by atoms with van der Waals surface area (Å²) >= 11 is 0. The number of methoxy groups -OCH3 is 3. The van der Waals surface area contributed by atoms with E-state index in [4.69, 9.17) is 14.2 Å². The highest BCUT2D eigenvalue weighted by Gasteiger charge is 2.55. The first-order chi connectivity index (χ1) is 16.1. The molecule has 2 aromatic carbocycles. The number of fused-ring (bicyclic) bond motifs is 3. The van der Waals surface area contributed by atoms with E-state index in [9.17, 15) is 22.8 Å². The van der Waals surface area contributed by atoms with Crippen LogP contribution < -0.4 is 4.74 Å². The first kappa shape index (κ1) is 23.5. The van der Waals surface area contributed by atoms with Crippen LogP contribution in [0.5, 0.6) is 5.75 Å². The van der Waals surface area contributed by atoms with Crippen molar-refractivity contribution >= 4 is 38.6 Å². The zero-order valence-corrected chi connectivity index (χ0v) is 19.9. The van der Waals surface area contributed by atoms with Crippen LogP contribution in [0.2, 0.25) is 0 Å². The zero-order valence-electron chi connectivity index (χ0n) is 19.1. The molecule has 0 radical (unpaired) electrons. The number of Topliss-reactive ketones (excluding diaryl/α,β-unsaturated/α-hetero) is 1. The number of nitrogens with zero attached hydrogens (tertiary/aromatic N) is 1. The molecule has 1 heterocycles. The summed E-state index contributed by atoms with van der Waals surface area (Å²) in [6.45, 7) is 1.83. The van der Waals surface area contributed by atoms with E-state index in [0.717, 1.165) is 23.8 Å². The van der Waals surface area contributed by atoms with Crippen molar-refractivity contribution in [1.29, 1.82) is 0 Å². The standard InChI is InChI=1S/C24H23NO8S/c1-14-8-10-15(11-9-14)34(29,30)25-16-6-5-7-19(31-2)21(16)20-17(25)12-24(13-18(20)26,22(27)32-3)23(28)33-4/h5-11H,12-13H2,1-4H3. The third-order valence-corrected chi connectivity index (χ3v) is 7.91. The summed E-state index contributed by atoms with van der Waals surface area (Å²) in [7, 11) is -0.645. The minimum absolute atomic E-state index is 0.00729. The van der Waals surface area contributed by atoms with Crippen molar-refractivity contribution in [2.75, 3.05) is 21.3 Å². The Morgan fingerprint density at radius 1 is 0.941 bits per heavy atom. The molecule has 4 rings (SSSR count). The molecule has 9 nitrogen and oxygen atoms in total. The Labute approximate surface area is 196 Å². The highest BCUT2D eigenvalue weighted by atomic mass is 32.2. The predicted octanol–water partition coefficient (Wildman–Crippen LogP) is 2.66. The van der Waals surface area contributed by atoms with E-state index in [1.54, 1.807) is 30.3 Å². The molecule has 0 unspecified atom stereocenters. The topological polar surface area (TPSA) is 118 Å². The van der Waals surface area contributed by atoms with E-state index in [-0.39, 0.29) is 21.7 Å². The Hall–Kier alpha value is -3.66. The molecule has 1 aromatic heterocycles. The lowest BCUT2D eigenvalue weighted by Crippen LogP contribution is -2.47. The molecule has 10 heteroatoms. The number of hydrogen-bond donors (Lipinski definition) is 0. The molecule has 0 fully saturated rings. The molecule has 0 bridgehead atoms. The number of carbonyl (C=O) groups is 3. The van der Waals surface area contributed by atoms with E-state index in [1.165, 1.54) is 19.2 Å². The lowest BCUT2D eigenvalue weighted by Gasteiger charge is -2.31. The minimum atomic E-state index is -4.24. The van der Waals surface area contributed by atoms with E-state index >= 15 is 0 Å². The Morgan fingerprint density at radius 3 is 2.12 bits per heavy atom. The number of aromatic nitrogens is 1. The van der Waals surface area contributed by atoms with Crippen LogP contribution in [-0.4, -0.2) is 51.4 Å². The summed E-state index contributed by atoms with van der Waals surface area (Å²) in [6.07, 6.45) is -0.933. The second-order valence-electron chi connectivity index (χ2n) is 8.10. The minimum Gasteiger partial charge on any atom is -0.496 e. The van der Waals surface area contributed by atoms with Crippen LogP contribution in [0, 0.1) is 12.3 Å². The second kappa shape index (κ2) is 8.28. The average molecular weight is 486 g/mol. The van der Waals surface area contributed by atoms with Crippen LogP contribution in [0.1, 0.15) is 28.0 Å². The maximum atomic E-state index is 13.9. The van der Waals surface area contributed by atoms with Gasteiger partial charge in [-0.2, -0.15) is 0 Å². The van der Waals surface area contributed by atoms with Crippen molar-refractivity contribution in [3.63, 3.8) is 0 Å². The van der Waals surface area contributed by atoms with Gasteiger partial charge in [-0.25, -0.2) is 12.4 Å². The average Bonchev–Trinajstić information content (AvgIpc) is 3.18. The molecule has 34 heavy (non-hydrogen) atoms. The molecule has 0 saturated carbocycles. The van der Waals surface area contributed by atoms with Crippen molar-refractivity contribution < 1.29 is 37.0 Å². The molecule has 3 aromatic rings. The Morgan fingerprint density at radius 2 is 1.56 bits per heavy atom. The molecular weight excluding hydrogens is 462 g/mol. The van der Waals surface area contributed by atoms with Crippen molar-refractivity contribution in [3.8, 4) is 5.75 Å². The van der Waals surface area contributed by atoms with Gasteiger partial charge in [-0.3, -0.25) is 14.4 Å². The highest BCUT2D eigenvalue weighted by molar-refractivity contribution is 7.90. The van der Waals surface area contributed by atoms with Crippen LogP contribution in [0.3, 0.4) is 0 Å². The lowest BCUT2D eigenvalue weighted by atomic mass is 9.72. The molecule has 1 aliphatic rings. The number of carbonyl (C=O) groups excluding carboxylic acids is 3. The number of hydrogen-bond acceptors (Lipinski definition) is 8. The van der Waals surface area contributed by atoms with Gasteiger partial charge in [0.05, 0.1) is 42.7 Å². The fraction of sp³-hybridized carbons (Fsp3) is 0.292. The Bertz CT molecular complexity index is 1420. The van der Waals surface area contributed by atoms with Crippen LogP contribution in [0.25, 0.3) is 10.9 Å². The zero-order chi connectivity index (χ0) is 24.8. The Balaban J connectivity index is 2.12. The summed E-state index contributed by atoms with van der Waals surface area (Å²) in [5, 5.41) is 0.295. The predicted molar refractivity (Wildman–Crippen MR) is 121 cm³/mol. The van der Waals surface area contributed by atoms with Gasteiger partial charge in [0, 0.05) is 18.5 Å². The van der Waals surface area contributed by atoms with Gasteiger partial charge >= 0.3 is 11.9 Å². The van der Waals surface area contributed by atoms with E-state index < -0.39 is 46.0 Å². The Kier molecular flexibility index (Phi) is 5.72. The molecule has 0 saturated heterocycles. The summed E-state index contributed by atoms with van der Waals surface area (Å²) in [5.41, 5.74) is -0.872. The van der Waals surface area contributed by atoms with Crippen molar-refractivity contribution in [3.05, 3.63) is 59.3 Å². The van der Waals surface area contributed by atoms with Gasteiger partial charge in [-0.05, 0) is 31.2 Å². The third-order valence-electron chi connectivity index (χ3n) is 6.15. The number of rotatable bonds is 5. The molecule has 0 aliphatic heterocycles. The van der Waals surface area contributed by atoms with E-state index in [0.29, 0.717) is 11.1 Å². The van der Waals surface area contributed by atoms with Gasteiger partial charge in [0.15, 0.2) is 11.2 Å². The van der Waals surface area contributed by atoms with Crippen molar-refractivity contribution in [2.45, 2.75) is 24.7 Å². The monoisotopic (exact) mass is 485 g/mol. The first-order valence-corrected chi connectivity index (χ1v) is 11.8. The highest BCUT2D eigenvalue weighted by Crippen LogP contribution is 2.45. The van der Waals surface area contributed by atoms with Crippen LogP contribution in [0.15, 0.2) is 47.4 Å². The van der Waals surface area contributed by atoms with Crippen LogP contribution in [0.4, 0.5) is 0 Å². The molecular formula is C24H23NO8S. The number of benzene rings is 2.